The third-order valence-corrected chi connectivity index (χ3v) is 3.51. The first-order valence-electron chi connectivity index (χ1n) is 5.79. The molecule has 0 amide bonds. The number of carboxylic acids is 1. The molecule has 0 fully saturated rings. The van der Waals surface area contributed by atoms with Gasteiger partial charge in [-0.25, -0.2) is 4.39 Å². The van der Waals surface area contributed by atoms with Crippen molar-refractivity contribution in [3.63, 3.8) is 0 Å². The maximum atomic E-state index is 13.3. The zero-order chi connectivity index (χ0) is 14.7. The summed E-state index contributed by atoms with van der Waals surface area (Å²) in [6.07, 6.45) is 0. The van der Waals surface area contributed by atoms with Gasteiger partial charge in [-0.05, 0) is 25.1 Å². The van der Waals surface area contributed by atoms with Crippen LogP contribution in [-0.2, 0) is 11.3 Å². The van der Waals surface area contributed by atoms with Crippen LogP contribution < -0.4 is 0 Å². The molecule has 2 aromatic rings. The second-order valence-electron chi connectivity index (χ2n) is 3.89. The van der Waals surface area contributed by atoms with E-state index in [4.69, 9.17) is 5.11 Å². The van der Waals surface area contributed by atoms with Gasteiger partial charge in [-0.2, -0.15) is 0 Å². The topological polar surface area (TPSA) is 88.2 Å². The van der Waals surface area contributed by atoms with Crippen LogP contribution in [0, 0.1) is 5.82 Å². The molecule has 0 bridgehead atoms. The lowest BCUT2D eigenvalue weighted by atomic mass is 10.2. The molecule has 0 atom stereocenters. The Morgan fingerprint density at radius 3 is 2.85 bits per heavy atom. The first kappa shape index (κ1) is 14.3. The van der Waals surface area contributed by atoms with Gasteiger partial charge in [-0.1, -0.05) is 11.8 Å². The molecule has 0 radical (unpaired) electrons. The lowest BCUT2D eigenvalue weighted by Gasteiger charge is -2.08. The van der Waals surface area contributed by atoms with Crippen molar-refractivity contribution < 1.29 is 19.4 Å². The third-order valence-electron chi connectivity index (χ3n) is 2.56. The van der Waals surface area contributed by atoms with Crippen LogP contribution in [0.2, 0.25) is 0 Å². The highest BCUT2D eigenvalue weighted by Gasteiger charge is 2.17. The molecule has 2 N–H and O–H groups in total. The second-order valence-corrected chi connectivity index (χ2v) is 4.84. The normalized spacial score (nSPS) is 10.7. The number of hydrogen-bond donors (Lipinski definition) is 2. The van der Waals surface area contributed by atoms with E-state index in [0.29, 0.717) is 17.5 Å². The molecule has 0 aliphatic carbocycles. The lowest BCUT2D eigenvalue weighted by Crippen LogP contribution is -2.03. The van der Waals surface area contributed by atoms with Crippen molar-refractivity contribution in [3.05, 3.63) is 24.0 Å². The first-order valence-corrected chi connectivity index (χ1v) is 6.78. The van der Waals surface area contributed by atoms with Crippen LogP contribution in [0.15, 0.2) is 23.4 Å². The average molecular weight is 297 g/mol. The smallest absolute Gasteiger partial charge is 0.313 e. The fourth-order valence-electron chi connectivity index (χ4n) is 1.69. The third kappa shape index (κ3) is 2.90. The Labute approximate surface area is 118 Å². The molecule has 0 saturated carbocycles. The number of aliphatic carboxylic acids is 1. The Hall–Kier alpha value is -2.09. The summed E-state index contributed by atoms with van der Waals surface area (Å²) in [4.78, 5) is 10.6. The van der Waals surface area contributed by atoms with E-state index >= 15 is 0 Å². The van der Waals surface area contributed by atoms with E-state index in [1.54, 1.807) is 4.57 Å². The Balaban J connectivity index is 2.42. The summed E-state index contributed by atoms with van der Waals surface area (Å²) in [5, 5.41) is 26.7. The van der Waals surface area contributed by atoms with Crippen LogP contribution in [-0.4, -0.2) is 36.7 Å². The Morgan fingerprint density at radius 2 is 2.20 bits per heavy atom. The molecule has 0 unspecified atom stereocenters. The van der Waals surface area contributed by atoms with Crippen LogP contribution in [0.25, 0.3) is 11.4 Å². The van der Waals surface area contributed by atoms with Gasteiger partial charge < -0.3 is 14.8 Å². The van der Waals surface area contributed by atoms with Crippen LogP contribution >= 0.6 is 11.8 Å². The number of hydrogen-bond acceptors (Lipinski definition) is 5. The van der Waals surface area contributed by atoms with Crippen LogP contribution in [0.1, 0.15) is 6.92 Å². The molecule has 0 spiro atoms. The average Bonchev–Trinajstić information content (AvgIpc) is 2.81. The molecule has 1 aromatic heterocycles. The molecule has 106 valence electrons. The van der Waals surface area contributed by atoms with Crippen molar-refractivity contribution >= 4 is 17.7 Å². The fourth-order valence-corrected chi connectivity index (χ4v) is 2.42. The van der Waals surface area contributed by atoms with E-state index in [2.05, 4.69) is 10.2 Å². The summed E-state index contributed by atoms with van der Waals surface area (Å²) in [7, 11) is 0. The number of nitrogens with zero attached hydrogens (tertiary/aromatic N) is 3. The molecule has 8 heteroatoms. The van der Waals surface area contributed by atoms with Crippen molar-refractivity contribution in [3.8, 4) is 17.1 Å². The number of aromatic hydroxyl groups is 1. The van der Waals surface area contributed by atoms with Gasteiger partial charge in [0.25, 0.3) is 0 Å². The molecule has 0 aliphatic heterocycles. The number of halogens is 1. The van der Waals surface area contributed by atoms with E-state index < -0.39 is 11.8 Å². The molecule has 1 aromatic carbocycles. The highest BCUT2D eigenvalue weighted by atomic mass is 32.2. The Kier molecular flexibility index (Phi) is 4.23. The van der Waals surface area contributed by atoms with E-state index in [-0.39, 0.29) is 17.1 Å². The zero-order valence-electron chi connectivity index (χ0n) is 10.6. The molecule has 0 aliphatic rings. The molecule has 6 nitrogen and oxygen atoms in total. The molecular weight excluding hydrogens is 285 g/mol. The number of phenolic OH excluding ortho intramolecular Hbond substituents is 1. The predicted octanol–water partition coefficient (Wildman–Crippen LogP) is 1.99. The van der Waals surface area contributed by atoms with Gasteiger partial charge >= 0.3 is 5.97 Å². The maximum Gasteiger partial charge on any atom is 0.313 e. The minimum Gasteiger partial charge on any atom is -0.507 e. The van der Waals surface area contributed by atoms with Gasteiger partial charge in [0.2, 0.25) is 0 Å². The molecular formula is C12H12FN3O3S. The first-order chi connectivity index (χ1) is 9.52. The summed E-state index contributed by atoms with van der Waals surface area (Å²) in [5.41, 5.74) is 0.224. The van der Waals surface area contributed by atoms with Crippen LogP contribution in [0.4, 0.5) is 4.39 Å². The monoisotopic (exact) mass is 297 g/mol. The number of aromatic nitrogens is 3. The van der Waals surface area contributed by atoms with Crippen molar-refractivity contribution in [2.45, 2.75) is 18.6 Å². The quantitative estimate of drug-likeness (QED) is 0.820. The summed E-state index contributed by atoms with van der Waals surface area (Å²) < 4.78 is 14.9. The van der Waals surface area contributed by atoms with Crippen LogP contribution in [0.3, 0.4) is 0 Å². The van der Waals surface area contributed by atoms with Crippen molar-refractivity contribution in [1.82, 2.24) is 14.8 Å². The largest absolute Gasteiger partial charge is 0.507 e. The summed E-state index contributed by atoms with van der Waals surface area (Å²) >= 11 is 1.02. The van der Waals surface area contributed by atoms with Crippen molar-refractivity contribution in [2.24, 2.45) is 0 Å². The van der Waals surface area contributed by atoms with Gasteiger partial charge in [0, 0.05) is 6.54 Å². The molecule has 1 heterocycles. The summed E-state index contributed by atoms with van der Waals surface area (Å²) in [5.74, 6) is -1.41. The summed E-state index contributed by atoms with van der Waals surface area (Å²) in [6, 6.07) is 3.55. The van der Waals surface area contributed by atoms with Gasteiger partial charge in [0.15, 0.2) is 11.0 Å². The number of carbonyl (C=O) groups is 1. The predicted molar refractivity (Wildman–Crippen MR) is 71.1 cm³/mol. The minimum atomic E-state index is -0.962. The van der Waals surface area contributed by atoms with E-state index in [0.717, 1.165) is 23.9 Å². The highest BCUT2D eigenvalue weighted by molar-refractivity contribution is 7.99. The maximum absolute atomic E-state index is 13.3. The molecule has 0 saturated heterocycles. The van der Waals surface area contributed by atoms with E-state index in [1.807, 2.05) is 6.92 Å². The second kappa shape index (κ2) is 5.91. The lowest BCUT2D eigenvalue weighted by molar-refractivity contribution is -0.133. The highest BCUT2D eigenvalue weighted by Crippen LogP contribution is 2.30. The zero-order valence-corrected chi connectivity index (χ0v) is 11.4. The fraction of sp³-hybridized carbons (Fsp3) is 0.250. The van der Waals surface area contributed by atoms with E-state index in [1.165, 1.54) is 6.07 Å². The van der Waals surface area contributed by atoms with Gasteiger partial charge in [0.05, 0.1) is 11.3 Å². The van der Waals surface area contributed by atoms with Gasteiger partial charge in [-0.3, -0.25) is 4.79 Å². The number of benzene rings is 1. The van der Waals surface area contributed by atoms with Gasteiger partial charge in [0.1, 0.15) is 11.6 Å². The van der Waals surface area contributed by atoms with E-state index in [9.17, 15) is 14.3 Å². The molecule has 2 rings (SSSR count). The van der Waals surface area contributed by atoms with Crippen molar-refractivity contribution in [2.75, 3.05) is 5.75 Å². The van der Waals surface area contributed by atoms with Crippen LogP contribution in [0.5, 0.6) is 5.75 Å². The van der Waals surface area contributed by atoms with Gasteiger partial charge in [-0.15, -0.1) is 10.2 Å². The number of carboxylic acid groups (broad SMARTS) is 1. The van der Waals surface area contributed by atoms with Crippen molar-refractivity contribution in [1.29, 1.82) is 0 Å². The minimum absolute atomic E-state index is 0.108. The number of phenols is 1. The standard InChI is InChI=1S/C12H12FN3O3S/c1-2-16-11(8-5-7(13)3-4-9(8)17)14-15-12(16)20-6-10(18)19/h3-5,17H,2,6H2,1H3,(H,18,19). The SMILES string of the molecule is CCn1c(SCC(=O)O)nnc1-c1cc(F)ccc1O. The number of thioether (sulfide) groups is 1. The molecule has 20 heavy (non-hydrogen) atoms. The Morgan fingerprint density at radius 1 is 1.45 bits per heavy atom. The number of rotatable bonds is 5. The summed E-state index contributed by atoms with van der Waals surface area (Å²) in [6.45, 7) is 2.30. The Bertz CT molecular complexity index is 645.